The minimum absolute atomic E-state index is 0.00703. The summed E-state index contributed by atoms with van der Waals surface area (Å²) in [6, 6.07) is 18.8. The van der Waals surface area contributed by atoms with E-state index in [1.54, 1.807) is 54.6 Å². The average Bonchev–Trinajstić information content (AvgIpc) is 3.98. The van der Waals surface area contributed by atoms with Crippen LogP contribution in [0, 0.1) is 11.8 Å². The quantitative estimate of drug-likeness (QED) is 0.0221. The number of nitrogens with zero attached hydrogens (tertiary/aromatic N) is 2. The Bertz CT molecular complexity index is 3490. The smallest absolute Gasteiger partial charge is 0.370 e. The van der Waals surface area contributed by atoms with E-state index in [1.807, 2.05) is 12.1 Å². The summed E-state index contributed by atoms with van der Waals surface area (Å²) in [4.78, 5) is 157. The van der Waals surface area contributed by atoms with E-state index in [0.717, 1.165) is 42.4 Å². The molecule has 4 aromatic carbocycles. The van der Waals surface area contributed by atoms with Crippen LogP contribution in [0.5, 0.6) is 0 Å². The molecule has 81 heavy (non-hydrogen) atoms. The molecule has 5 aromatic rings. The number of rotatable bonds is 21. The van der Waals surface area contributed by atoms with Gasteiger partial charge in [0.15, 0.2) is 0 Å². The Hall–Kier alpha value is -8.77. The zero-order chi connectivity index (χ0) is 57.5. The van der Waals surface area contributed by atoms with Crippen LogP contribution in [0.3, 0.4) is 0 Å². The molecule has 0 radical (unpaired) electrons. The maximum Gasteiger partial charge on any atom is 0.396 e. The third-order valence-electron chi connectivity index (χ3n) is 15.0. The lowest BCUT2D eigenvalue weighted by atomic mass is 10.0. The zero-order valence-corrected chi connectivity index (χ0v) is 44.9. The summed E-state index contributed by atoms with van der Waals surface area (Å²) in [7, 11) is -5.08. The third kappa shape index (κ3) is 13.0. The topological polar surface area (TPSA) is 337 Å². The highest BCUT2D eigenvalue weighted by atomic mass is 31.2. The summed E-state index contributed by atoms with van der Waals surface area (Å²) in [6.07, 6.45) is 5.07. The molecule has 22 nitrogen and oxygen atoms in total. The number of H-pyrrole nitrogens is 1. The van der Waals surface area contributed by atoms with Gasteiger partial charge in [-0.15, -0.1) is 0 Å². The first-order chi connectivity index (χ1) is 38.9. The van der Waals surface area contributed by atoms with Gasteiger partial charge in [-0.25, -0.2) is 0 Å². The summed E-state index contributed by atoms with van der Waals surface area (Å²) in [6.45, 7) is 0.544. The number of para-hydroxylation sites is 1. The van der Waals surface area contributed by atoms with Crippen molar-refractivity contribution in [2.75, 3.05) is 11.4 Å². The van der Waals surface area contributed by atoms with Gasteiger partial charge in [0.1, 0.15) is 35.9 Å². The van der Waals surface area contributed by atoms with Crippen molar-refractivity contribution in [1.82, 2.24) is 36.5 Å². The number of aromatic amines is 1. The van der Waals surface area contributed by atoms with E-state index < -0.39 is 84.7 Å². The lowest BCUT2D eigenvalue weighted by Gasteiger charge is -2.29. The van der Waals surface area contributed by atoms with E-state index in [1.165, 1.54) is 34.1 Å². The van der Waals surface area contributed by atoms with E-state index >= 15 is 0 Å². The van der Waals surface area contributed by atoms with E-state index in [9.17, 15) is 62.3 Å². The maximum atomic E-state index is 14.6. The van der Waals surface area contributed by atoms with Gasteiger partial charge in [-0.3, -0.25) is 62.7 Å². The minimum Gasteiger partial charge on any atom is -0.370 e. The van der Waals surface area contributed by atoms with Gasteiger partial charge in [-0.1, -0.05) is 85.7 Å². The molecule has 9 amide bonds. The molecule has 5 atom stereocenters. The van der Waals surface area contributed by atoms with Crippen LogP contribution in [-0.2, 0) is 57.5 Å². The lowest BCUT2D eigenvalue weighted by molar-refractivity contribution is -0.137. The van der Waals surface area contributed by atoms with Crippen LogP contribution < -0.4 is 37.2 Å². The van der Waals surface area contributed by atoms with Gasteiger partial charge in [0.05, 0.1) is 5.69 Å². The molecule has 1 unspecified atom stereocenters. The highest BCUT2D eigenvalue weighted by Crippen LogP contribution is 2.41. The first-order valence-corrected chi connectivity index (χ1v) is 28.4. The molecule has 0 spiro atoms. The Morgan fingerprint density at radius 3 is 2.33 bits per heavy atom. The number of aromatic nitrogens is 1. The number of carbonyl (C=O) groups excluding carboxylic acids is 10. The van der Waals surface area contributed by atoms with E-state index in [0.29, 0.717) is 59.1 Å². The van der Waals surface area contributed by atoms with Crippen molar-refractivity contribution in [3.63, 3.8) is 0 Å². The maximum absolute atomic E-state index is 14.6. The number of carbonyl (C=O) groups is 10. The molecule has 0 bridgehead atoms. The number of unbranched alkanes of at least 4 members (excludes halogenated alkanes) is 5. The normalized spacial score (nSPS) is 18.1. The van der Waals surface area contributed by atoms with E-state index in [4.69, 9.17) is 5.73 Å². The predicted molar refractivity (Wildman–Crippen MR) is 293 cm³/mol. The van der Waals surface area contributed by atoms with Crippen LogP contribution in [0.1, 0.15) is 136 Å². The van der Waals surface area contributed by atoms with Crippen molar-refractivity contribution in [2.24, 2.45) is 5.73 Å². The number of anilines is 1. The second kappa shape index (κ2) is 24.7. The van der Waals surface area contributed by atoms with Crippen LogP contribution in [0.4, 0.5) is 5.69 Å². The Morgan fingerprint density at radius 2 is 1.57 bits per heavy atom. The number of piperidine rings is 1. The van der Waals surface area contributed by atoms with Crippen molar-refractivity contribution in [3.8, 4) is 11.8 Å². The molecule has 9 rings (SSSR count). The number of hydrogen-bond acceptors (Lipinski definition) is 11. The van der Waals surface area contributed by atoms with Crippen LogP contribution >= 0.6 is 7.60 Å². The Balaban J connectivity index is 0.789. The third-order valence-corrected chi connectivity index (χ3v) is 15.8. The highest BCUT2D eigenvalue weighted by Gasteiger charge is 2.45. The summed E-state index contributed by atoms with van der Waals surface area (Å²) in [5, 5.41) is 13.8. The number of amides is 9. The van der Waals surface area contributed by atoms with Gasteiger partial charge in [0.2, 0.25) is 41.4 Å². The highest BCUT2D eigenvalue weighted by molar-refractivity contribution is 7.70. The number of nitrogens with one attached hydrogen (secondary N) is 6. The first-order valence-electron chi connectivity index (χ1n) is 26.8. The fraction of sp³-hybridized carbons (Fsp3) is 0.345. The van der Waals surface area contributed by atoms with Gasteiger partial charge in [0.25, 0.3) is 17.3 Å². The molecule has 1 aromatic heterocycles. The number of hydrogen-bond donors (Lipinski definition) is 9. The molecule has 4 aliphatic heterocycles. The van der Waals surface area contributed by atoms with Crippen molar-refractivity contribution >= 4 is 82.9 Å². The fourth-order valence-electron chi connectivity index (χ4n) is 10.8. The molecule has 4 aliphatic rings. The molecule has 420 valence electrons. The zero-order valence-electron chi connectivity index (χ0n) is 44.0. The minimum atomic E-state index is -5.08. The Morgan fingerprint density at radius 1 is 0.815 bits per heavy atom. The number of primary amides is 1. The fourth-order valence-corrected chi connectivity index (χ4v) is 11.3. The van der Waals surface area contributed by atoms with Crippen molar-refractivity contribution in [1.29, 1.82) is 0 Å². The molecular formula is C58H60N9O13P. The van der Waals surface area contributed by atoms with E-state index in [2.05, 4.69) is 43.4 Å². The average molecular weight is 1120 g/mol. The molecule has 1 fully saturated rings. The molecular weight excluding hydrogens is 1060 g/mol. The second-order valence-corrected chi connectivity index (χ2v) is 22.0. The molecule has 23 heteroatoms. The molecule has 0 aliphatic carbocycles. The first kappa shape index (κ1) is 56.9. The number of aryl methyl sites for hydroxylation is 1. The summed E-state index contributed by atoms with van der Waals surface area (Å²) >= 11 is 0. The molecule has 5 heterocycles. The SMILES string of the molecule is NC(=O)CC[C@H](NC(=O)[C@@H]1Cc2cccc3c2N1C(=O)[C@@H](NC(=O)c1cc2cc(C(=O)P(=O)(O)O)ccc2[nH]1)CC3)C(=O)N[C@H](C(=O)NCCCCCCCC#Cc1cccc2c1CN(C1CCC(=O)NC1=O)C2=O)c1ccccc1. The number of fused-ring (bicyclic) bond motifs is 2. The second-order valence-electron chi connectivity index (χ2n) is 20.5. The van der Waals surface area contributed by atoms with Gasteiger partial charge >= 0.3 is 7.60 Å². The van der Waals surface area contributed by atoms with Crippen LogP contribution in [0.2, 0.25) is 0 Å². The van der Waals surface area contributed by atoms with Crippen LogP contribution in [0.15, 0.2) is 91.0 Å². The molecule has 1 saturated heterocycles. The van der Waals surface area contributed by atoms with Crippen molar-refractivity contribution in [2.45, 2.75) is 120 Å². The number of benzene rings is 4. The van der Waals surface area contributed by atoms with Gasteiger partial charge in [-0.05, 0) is 97.2 Å². The van der Waals surface area contributed by atoms with Crippen molar-refractivity contribution < 1.29 is 62.3 Å². The Labute approximate surface area is 464 Å². The van der Waals surface area contributed by atoms with E-state index in [-0.39, 0.29) is 68.1 Å². The van der Waals surface area contributed by atoms with Crippen LogP contribution in [0.25, 0.3) is 10.9 Å². The number of imide groups is 1. The lowest BCUT2D eigenvalue weighted by Crippen LogP contribution is -2.57. The molecule has 10 N–H and O–H groups in total. The van der Waals surface area contributed by atoms with Gasteiger partial charge in [-0.2, -0.15) is 0 Å². The summed E-state index contributed by atoms with van der Waals surface area (Å²) < 4.78 is 11.6. The standard InChI is InChI=1S/C58H60N9O13P/c59-47(68)26-24-42(62-54(73)46-31-36-18-11-17-35-20-23-43(57(76)67(46)50(35)36)63-52(71)44-30-38-29-37(21-22-41(38)61-44)58(77)81(78,79)80)51(70)65-49(34-14-8-6-9-15-34)55(74)60-28-10-5-3-1-2-4-7-13-33-16-12-19-39-40(33)32-66(56(39)75)45-25-27-48(69)64-53(45)72/h6,8-9,11-12,14-19,21-22,29-30,42-43,45-46,49,61H,1-5,10,20,23-28,31-32H2,(H2,59,68)(H,60,74)(H,62,73)(H,63,71)(H,65,70)(H,64,69,72)(H2,78,79,80)/t42-,43-,45?,46-,49-/m0/s1. The van der Waals surface area contributed by atoms with Gasteiger partial charge < -0.3 is 46.7 Å². The summed E-state index contributed by atoms with van der Waals surface area (Å²) in [5.41, 5.74) is 8.66. The van der Waals surface area contributed by atoms with Crippen LogP contribution in [-0.4, -0.2) is 109 Å². The monoisotopic (exact) mass is 1120 g/mol. The predicted octanol–water partition coefficient (Wildman–Crippen LogP) is 3.37. The number of nitrogens with two attached hydrogens (primary N) is 1. The van der Waals surface area contributed by atoms with Crippen molar-refractivity contribution in [3.05, 3.63) is 136 Å². The largest absolute Gasteiger partial charge is 0.396 e. The van der Waals surface area contributed by atoms with Gasteiger partial charge in [0, 0.05) is 66.4 Å². The summed E-state index contributed by atoms with van der Waals surface area (Å²) in [5.74, 6) is 1.27. The molecule has 0 saturated carbocycles. The Kier molecular flexibility index (Phi) is 17.4.